The molecule has 0 spiro atoms. The minimum Gasteiger partial charge on any atom is -0.346 e. The molecule has 4 rings (SSSR count). The second kappa shape index (κ2) is 7.98. The molecule has 158 valence electrons. The van der Waals surface area contributed by atoms with Crippen molar-refractivity contribution >= 4 is 26.8 Å². The molecule has 4 aromatic rings. The van der Waals surface area contributed by atoms with Crippen molar-refractivity contribution in [1.29, 1.82) is 0 Å². The van der Waals surface area contributed by atoms with Crippen molar-refractivity contribution in [2.45, 2.75) is 24.8 Å². The van der Waals surface area contributed by atoms with Crippen LogP contribution in [0.4, 0.5) is 0 Å². The number of amides is 1. The standard InChI is InChI=1S/C23H22N4O3S/c1-14-8-9-17(13-21(14)31(24,29)30)22-19-12-18(10-11-20(19)26-27-22)23(28)25-15(2)16-6-4-3-5-7-16/h3-13,15H,1-2H3,(H,25,28)(H,26,27)(H2,24,29,30)/t15-/m0/s1. The van der Waals surface area contributed by atoms with Crippen LogP contribution in [0.5, 0.6) is 0 Å². The van der Waals surface area contributed by atoms with E-state index < -0.39 is 10.0 Å². The minimum atomic E-state index is -3.86. The highest BCUT2D eigenvalue weighted by molar-refractivity contribution is 7.89. The van der Waals surface area contributed by atoms with Gasteiger partial charge in [-0.15, -0.1) is 0 Å². The molecule has 7 nitrogen and oxygen atoms in total. The van der Waals surface area contributed by atoms with Crippen LogP contribution in [0.25, 0.3) is 22.2 Å². The van der Waals surface area contributed by atoms with Crippen molar-refractivity contribution in [2.24, 2.45) is 5.14 Å². The number of nitrogens with two attached hydrogens (primary N) is 1. The van der Waals surface area contributed by atoms with Gasteiger partial charge in [0, 0.05) is 16.5 Å². The molecule has 0 aliphatic heterocycles. The molecule has 1 heterocycles. The maximum absolute atomic E-state index is 12.8. The number of carbonyl (C=O) groups is 1. The molecule has 1 aromatic heterocycles. The van der Waals surface area contributed by atoms with Gasteiger partial charge >= 0.3 is 0 Å². The van der Waals surface area contributed by atoms with Crippen LogP contribution in [0.2, 0.25) is 0 Å². The summed E-state index contributed by atoms with van der Waals surface area (Å²) in [7, 11) is -3.86. The van der Waals surface area contributed by atoms with E-state index in [1.807, 2.05) is 37.3 Å². The predicted octanol–water partition coefficient (Wildman–Crippen LogP) is 3.68. The number of fused-ring (bicyclic) bond motifs is 1. The molecule has 4 N–H and O–H groups in total. The average Bonchev–Trinajstić information content (AvgIpc) is 3.17. The highest BCUT2D eigenvalue weighted by atomic mass is 32.2. The number of nitrogens with zero attached hydrogens (tertiary/aromatic N) is 1. The molecule has 0 saturated heterocycles. The van der Waals surface area contributed by atoms with E-state index in [-0.39, 0.29) is 16.8 Å². The smallest absolute Gasteiger partial charge is 0.251 e. The van der Waals surface area contributed by atoms with Crippen molar-refractivity contribution < 1.29 is 13.2 Å². The van der Waals surface area contributed by atoms with Crippen molar-refractivity contribution in [1.82, 2.24) is 15.5 Å². The number of aromatic amines is 1. The largest absolute Gasteiger partial charge is 0.346 e. The Hall–Kier alpha value is -3.49. The number of hydrogen-bond acceptors (Lipinski definition) is 4. The monoisotopic (exact) mass is 434 g/mol. The Bertz CT molecular complexity index is 1380. The number of H-pyrrole nitrogens is 1. The molecule has 0 radical (unpaired) electrons. The second-order valence-corrected chi connectivity index (χ2v) is 8.99. The highest BCUT2D eigenvalue weighted by Gasteiger charge is 2.17. The number of nitrogens with one attached hydrogen (secondary N) is 2. The number of primary sulfonamides is 1. The van der Waals surface area contributed by atoms with Gasteiger partial charge in [-0.3, -0.25) is 9.89 Å². The zero-order valence-electron chi connectivity index (χ0n) is 17.1. The van der Waals surface area contributed by atoms with Crippen molar-refractivity contribution in [3.05, 3.63) is 83.4 Å². The third-order valence-corrected chi connectivity index (χ3v) is 6.29. The summed E-state index contributed by atoms with van der Waals surface area (Å²) in [5.41, 5.74) is 3.93. The van der Waals surface area contributed by atoms with Gasteiger partial charge < -0.3 is 5.32 Å². The van der Waals surface area contributed by atoms with Gasteiger partial charge in [-0.1, -0.05) is 42.5 Å². The lowest BCUT2D eigenvalue weighted by molar-refractivity contribution is 0.0940. The van der Waals surface area contributed by atoms with Crippen LogP contribution in [0, 0.1) is 6.92 Å². The summed E-state index contributed by atoms with van der Waals surface area (Å²) < 4.78 is 23.8. The maximum Gasteiger partial charge on any atom is 0.251 e. The van der Waals surface area contributed by atoms with Gasteiger partial charge in [-0.25, -0.2) is 13.6 Å². The predicted molar refractivity (Wildman–Crippen MR) is 120 cm³/mol. The molecule has 0 fully saturated rings. The first-order chi connectivity index (χ1) is 14.7. The van der Waals surface area contributed by atoms with Crippen molar-refractivity contribution in [2.75, 3.05) is 0 Å². The Kier molecular flexibility index (Phi) is 5.34. The molecule has 3 aromatic carbocycles. The number of hydrogen-bond donors (Lipinski definition) is 3. The molecule has 31 heavy (non-hydrogen) atoms. The van der Waals surface area contributed by atoms with E-state index in [0.717, 1.165) is 11.1 Å². The van der Waals surface area contributed by atoms with E-state index >= 15 is 0 Å². The maximum atomic E-state index is 12.8. The van der Waals surface area contributed by atoms with E-state index in [1.54, 1.807) is 37.3 Å². The second-order valence-electron chi connectivity index (χ2n) is 7.46. The topological polar surface area (TPSA) is 118 Å². The molecule has 1 amide bonds. The Labute approximate surface area is 180 Å². The number of benzene rings is 3. The van der Waals surface area contributed by atoms with E-state index in [4.69, 9.17) is 5.14 Å². The van der Waals surface area contributed by atoms with Crippen molar-refractivity contribution in [3.8, 4) is 11.3 Å². The lowest BCUT2D eigenvalue weighted by atomic mass is 10.0. The van der Waals surface area contributed by atoms with E-state index in [1.165, 1.54) is 6.07 Å². The fourth-order valence-corrected chi connectivity index (χ4v) is 4.34. The number of carbonyl (C=O) groups excluding carboxylic acids is 1. The number of aromatic nitrogens is 2. The molecular weight excluding hydrogens is 412 g/mol. The van der Waals surface area contributed by atoms with Crippen LogP contribution in [-0.4, -0.2) is 24.5 Å². The summed E-state index contributed by atoms with van der Waals surface area (Å²) in [6, 6.07) is 19.8. The summed E-state index contributed by atoms with van der Waals surface area (Å²) in [5, 5.41) is 16.3. The third-order valence-electron chi connectivity index (χ3n) is 5.24. The van der Waals surface area contributed by atoms with Gasteiger partial charge in [0.25, 0.3) is 5.91 Å². The SMILES string of the molecule is Cc1ccc(-c2n[nH]c3ccc(C(=O)N[C@@H](C)c4ccccc4)cc23)cc1S(N)(=O)=O. The van der Waals surface area contributed by atoms with Crippen LogP contribution < -0.4 is 10.5 Å². The summed E-state index contributed by atoms with van der Waals surface area (Å²) in [6.45, 7) is 3.61. The summed E-state index contributed by atoms with van der Waals surface area (Å²) in [5.74, 6) is -0.209. The molecule has 0 saturated carbocycles. The lowest BCUT2D eigenvalue weighted by Crippen LogP contribution is -2.26. The van der Waals surface area contributed by atoms with Crippen LogP contribution in [0.1, 0.15) is 34.5 Å². The molecule has 8 heteroatoms. The zero-order chi connectivity index (χ0) is 22.2. The zero-order valence-corrected chi connectivity index (χ0v) is 17.9. The Morgan fingerprint density at radius 2 is 1.81 bits per heavy atom. The van der Waals surface area contributed by atoms with Crippen LogP contribution in [0.15, 0.2) is 71.6 Å². The quantitative estimate of drug-likeness (QED) is 0.444. The fourth-order valence-electron chi connectivity index (χ4n) is 3.53. The van der Waals surface area contributed by atoms with Gasteiger partial charge in [-0.2, -0.15) is 5.10 Å². The molecule has 0 unspecified atom stereocenters. The summed E-state index contributed by atoms with van der Waals surface area (Å²) >= 11 is 0. The van der Waals surface area contributed by atoms with Crippen LogP contribution in [-0.2, 0) is 10.0 Å². The Morgan fingerprint density at radius 1 is 1.06 bits per heavy atom. The van der Waals surface area contributed by atoms with Gasteiger partial charge in [0.1, 0.15) is 0 Å². The van der Waals surface area contributed by atoms with Gasteiger partial charge in [0.15, 0.2) is 0 Å². The normalized spacial score (nSPS) is 12.6. The Morgan fingerprint density at radius 3 is 2.52 bits per heavy atom. The highest BCUT2D eigenvalue weighted by Crippen LogP contribution is 2.30. The number of aryl methyl sites for hydroxylation is 1. The lowest BCUT2D eigenvalue weighted by Gasteiger charge is -2.14. The molecular formula is C23H22N4O3S. The summed E-state index contributed by atoms with van der Waals surface area (Å²) in [6.07, 6.45) is 0. The number of sulfonamides is 1. The Balaban J connectivity index is 1.69. The number of rotatable bonds is 5. The fraction of sp³-hybridized carbons (Fsp3) is 0.130. The van der Waals surface area contributed by atoms with Gasteiger partial charge in [0.2, 0.25) is 10.0 Å². The van der Waals surface area contributed by atoms with Crippen molar-refractivity contribution in [3.63, 3.8) is 0 Å². The van der Waals surface area contributed by atoms with Gasteiger partial charge in [0.05, 0.1) is 22.1 Å². The first kappa shape index (κ1) is 20.8. The van der Waals surface area contributed by atoms with Crippen LogP contribution in [0.3, 0.4) is 0 Å². The average molecular weight is 435 g/mol. The first-order valence-electron chi connectivity index (χ1n) is 9.72. The van der Waals surface area contributed by atoms with Gasteiger partial charge in [-0.05, 0) is 49.2 Å². The van der Waals surface area contributed by atoms with E-state index in [2.05, 4.69) is 15.5 Å². The molecule has 0 aliphatic carbocycles. The molecule has 0 bridgehead atoms. The third kappa shape index (κ3) is 4.21. The van der Waals surface area contributed by atoms with Crippen LogP contribution >= 0.6 is 0 Å². The van der Waals surface area contributed by atoms with E-state index in [9.17, 15) is 13.2 Å². The van der Waals surface area contributed by atoms with E-state index in [0.29, 0.717) is 27.8 Å². The molecule has 0 aliphatic rings. The summed E-state index contributed by atoms with van der Waals surface area (Å²) in [4.78, 5) is 12.9. The first-order valence-corrected chi connectivity index (χ1v) is 11.3. The molecule has 1 atom stereocenters. The minimum absolute atomic E-state index is 0.0479.